The zero-order chi connectivity index (χ0) is 34.9. The summed E-state index contributed by atoms with van der Waals surface area (Å²) in [6.07, 6.45) is 39.6. The molecule has 0 aliphatic rings. The fourth-order valence-corrected chi connectivity index (χ4v) is 6.35. The lowest BCUT2D eigenvalue weighted by Gasteiger charge is -2.39. The molecule has 5 nitrogen and oxygen atoms in total. The SMILES string of the molecule is CCCCCCCCCCCCCCCCCC(=O)OC(C)[N+](C)(C)C(C)OC(=O)CCCCCCCCCCCCCCCCC. The summed E-state index contributed by atoms with van der Waals surface area (Å²) in [5.41, 5.74) is 0. The Morgan fingerprint density at radius 1 is 0.383 bits per heavy atom. The second kappa shape index (κ2) is 33.4. The van der Waals surface area contributed by atoms with E-state index < -0.39 is 0 Å². The molecular weight excluding hydrogens is 582 g/mol. The van der Waals surface area contributed by atoms with E-state index in [1.165, 1.54) is 167 Å². The summed E-state index contributed by atoms with van der Waals surface area (Å²) in [7, 11) is 3.94. The predicted octanol–water partition coefficient (Wildman–Crippen LogP) is 13.4. The number of unbranched alkanes of at least 4 members (excludes halogenated alkanes) is 28. The topological polar surface area (TPSA) is 52.6 Å². The van der Waals surface area contributed by atoms with E-state index in [9.17, 15) is 9.59 Å². The third-order valence-electron chi connectivity index (χ3n) is 10.4. The number of ether oxygens (including phenoxy) is 2. The Morgan fingerprint density at radius 2 is 0.574 bits per heavy atom. The molecule has 5 heteroatoms. The molecule has 2 atom stereocenters. The van der Waals surface area contributed by atoms with Crippen LogP contribution in [0.3, 0.4) is 0 Å². The molecule has 0 aliphatic carbocycles. The third kappa shape index (κ3) is 29.5. The monoisotopic (exact) mass is 667 g/mol. The molecule has 0 aromatic heterocycles. The minimum atomic E-state index is -0.368. The fourth-order valence-electron chi connectivity index (χ4n) is 6.35. The molecule has 0 amide bonds. The first-order chi connectivity index (χ1) is 22.8. The smallest absolute Gasteiger partial charge is 0.310 e. The molecule has 0 N–H and O–H groups in total. The molecular formula is C42H84NO4+. The van der Waals surface area contributed by atoms with Crippen molar-refractivity contribution in [2.75, 3.05) is 14.1 Å². The number of quaternary nitrogens is 1. The van der Waals surface area contributed by atoms with E-state index >= 15 is 0 Å². The maximum Gasteiger partial charge on any atom is 0.310 e. The van der Waals surface area contributed by atoms with Crippen LogP contribution in [0.15, 0.2) is 0 Å². The zero-order valence-electron chi connectivity index (χ0n) is 32.9. The number of carbonyl (C=O) groups excluding carboxylic acids is 2. The van der Waals surface area contributed by atoms with Crippen molar-refractivity contribution in [3.8, 4) is 0 Å². The van der Waals surface area contributed by atoms with E-state index in [1.807, 2.05) is 27.9 Å². The number of nitrogens with zero attached hydrogens (tertiary/aromatic N) is 1. The fraction of sp³-hybridized carbons (Fsp3) is 0.952. The molecule has 0 radical (unpaired) electrons. The van der Waals surface area contributed by atoms with Crippen LogP contribution in [0.2, 0.25) is 0 Å². The maximum absolute atomic E-state index is 12.5. The van der Waals surface area contributed by atoms with E-state index in [0.717, 1.165) is 25.7 Å². The average Bonchev–Trinajstić information content (AvgIpc) is 3.04. The van der Waals surface area contributed by atoms with Gasteiger partial charge in [0.05, 0.1) is 14.1 Å². The number of hydrogen-bond acceptors (Lipinski definition) is 4. The summed E-state index contributed by atoms with van der Waals surface area (Å²) in [6.45, 7) is 8.37. The highest BCUT2D eigenvalue weighted by molar-refractivity contribution is 5.69. The van der Waals surface area contributed by atoms with Crippen LogP contribution in [0.25, 0.3) is 0 Å². The Labute approximate surface area is 294 Å². The van der Waals surface area contributed by atoms with Gasteiger partial charge in [-0.05, 0) is 12.8 Å². The van der Waals surface area contributed by atoms with E-state index in [4.69, 9.17) is 9.47 Å². The quantitative estimate of drug-likeness (QED) is 0.0289. The Balaban J connectivity index is 3.75. The van der Waals surface area contributed by atoms with Crippen molar-refractivity contribution in [3.05, 3.63) is 0 Å². The van der Waals surface area contributed by atoms with Crippen LogP contribution in [0.5, 0.6) is 0 Å². The first-order valence-corrected chi connectivity index (χ1v) is 21.0. The number of carbonyl (C=O) groups is 2. The van der Waals surface area contributed by atoms with Crippen LogP contribution in [-0.2, 0) is 19.1 Å². The molecule has 280 valence electrons. The highest BCUT2D eigenvalue weighted by Crippen LogP contribution is 2.19. The van der Waals surface area contributed by atoms with Gasteiger partial charge in [-0.3, -0.25) is 14.1 Å². The minimum Gasteiger partial charge on any atom is -0.413 e. The molecule has 47 heavy (non-hydrogen) atoms. The highest BCUT2D eigenvalue weighted by Gasteiger charge is 2.35. The van der Waals surface area contributed by atoms with Crippen molar-refractivity contribution in [2.45, 2.75) is 246 Å². The maximum atomic E-state index is 12.5. The van der Waals surface area contributed by atoms with Gasteiger partial charge in [-0.2, -0.15) is 0 Å². The van der Waals surface area contributed by atoms with Crippen molar-refractivity contribution in [1.82, 2.24) is 0 Å². The molecule has 0 fully saturated rings. The van der Waals surface area contributed by atoms with Crippen LogP contribution < -0.4 is 0 Å². The van der Waals surface area contributed by atoms with Crippen molar-refractivity contribution in [3.63, 3.8) is 0 Å². The largest absolute Gasteiger partial charge is 0.413 e. The molecule has 0 aliphatic heterocycles. The van der Waals surface area contributed by atoms with Crippen molar-refractivity contribution in [2.24, 2.45) is 0 Å². The van der Waals surface area contributed by atoms with Crippen LogP contribution in [0.4, 0.5) is 0 Å². The second-order valence-electron chi connectivity index (χ2n) is 15.2. The summed E-state index contributed by atoms with van der Waals surface area (Å²) in [4.78, 5) is 25.0. The Bertz CT molecular complexity index is 638. The van der Waals surface area contributed by atoms with Crippen molar-refractivity contribution < 1.29 is 23.5 Å². The van der Waals surface area contributed by atoms with E-state index in [2.05, 4.69) is 13.8 Å². The normalized spacial score (nSPS) is 13.1. The van der Waals surface area contributed by atoms with Crippen LogP contribution in [-0.4, -0.2) is 43.0 Å². The predicted molar refractivity (Wildman–Crippen MR) is 202 cm³/mol. The Hall–Kier alpha value is -1.10. The molecule has 0 aromatic rings. The van der Waals surface area contributed by atoms with Gasteiger partial charge in [0, 0.05) is 26.7 Å². The molecule has 2 unspecified atom stereocenters. The average molecular weight is 667 g/mol. The summed E-state index contributed by atoms with van der Waals surface area (Å²) < 4.78 is 11.9. The summed E-state index contributed by atoms with van der Waals surface area (Å²) >= 11 is 0. The van der Waals surface area contributed by atoms with Gasteiger partial charge in [-0.1, -0.05) is 194 Å². The van der Waals surface area contributed by atoms with Gasteiger partial charge in [0.2, 0.25) is 12.5 Å². The molecule has 0 aromatic carbocycles. The van der Waals surface area contributed by atoms with Gasteiger partial charge < -0.3 is 9.47 Å². The molecule has 0 saturated heterocycles. The van der Waals surface area contributed by atoms with Gasteiger partial charge >= 0.3 is 11.9 Å². The van der Waals surface area contributed by atoms with Gasteiger partial charge in [-0.15, -0.1) is 0 Å². The minimum absolute atomic E-state index is 0.144. The summed E-state index contributed by atoms with van der Waals surface area (Å²) in [5.74, 6) is -0.288. The number of esters is 2. The van der Waals surface area contributed by atoms with Gasteiger partial charge in [-0.25, -0.2) is 0 Å². The van der Waals surface area contributed by atoms with Gasteiger partial charge in [0.1, 0.15) is 0 Å². The lowest BCUT2D eigenvalue weighted by Crippen LogP contribution is -2.56. The summed E-state index contributed by atoms with van der Waals surface area (Å²) in [6, 6.07) is 0. The van der Waals surface area contributed by atoms with Crippen LogP contribution in [0.1, 0.15) is 233 Å². The van der Waals surface area contributed by atoms with Crippen LogP contribution in [0, 0.1) is 0 Å². The lowest BCUT2D eigenvalue weighted by atomic mass is 10.0. The standard InChI is InChI=1S/C42H84NO4/c1-7-9-11-13-15-17-19-21-23-25-27-29-31-33-35-37-41(44)46-39(3)43(5,6)40(4)47-42(45)38-36-34-32-30-28-26-24-22-20-18-16-14-12-10-8-2/h39-40H,7-38H2,1-6H3/q+1. The Morgan fingerprint density at radius 3 is 0.787 bits per heavy atom. The second-order valence-corrected chi connectivity index (χ2v) is 15.2. The highest BCUT2D eigenvalue weighted by atomic mass is 16.6. The molecule has 0 rings (SSSR count). The number of rotatable bonds is 36. The molecule has 0 bridgehead atoms. The van der Waals surface area contributed by atoms with Gasteiger partial charge in [0.25, 0.3) is 0 Å². The van der Waals surface area contributed by atoms with E-state index in [0.29, 0.717) is 17.3 Å². The van der Waals surface area contributed by atoms with E-state index in [1.54, 1.807) is 0 Å². The zero-order valence-corrected chi connectivity index (χ0v) is 32.9. The lowest BCUT2D eigenvalue weighted by molar-refractivity contribution is -0.971. The number of hydrogen-bond donors (Lipinski definition) is 0. The van der Waals surface area contributed by atoms with E-state index in [-0.39, 0.29) is 24.4 Å². The van der Waals surface area contributed by atoms with Crippen LogP contribution >= 0.6 is 0 Å². The third-order valence-corrected chi connectivity index (χ3v) is 10.4. The van der Waals surface area contributed by atoms with Crippen molar-refractivity contribution in [1.29, 1.82) is 0 Å². The Kier molecular flexibility index (Phi) is 32.6. The first-order valence-electron chi connectivity index (χ1n) is 21.0. The molecule has 0 spiro atoms. The molecule has 0 heterocycles. The summed E-state index contributed by atoms with van der Waals surface area (Å²) in [5, 5.41) is 0. The first kappa shape index (κ1) is 45.9. The van der Waals surface area contributed by atoms with Crippen molar-refractivity contribution >= 4 is 11.9 Å². The van der Waals surface area contributed by atoms with Gasteiger partial charge in [0.15, 0.2) is 0 Å². The molecule has 0 saturated carbocycles.